The minimum atomic E-state index is -3.53. The van der Waals surface area contributed by atoms with Crippen LogP contribution in [0, 0.1) is 0 Å². The smallest absolute Gasteiger partial charge is 0.243 e. The quantitative estimate of drug-likeness (QED) is 0.795. The average Bonchev–Trinajstić information content (AvgIpc) is 2.50. The minimum absolute atomic E-state index is 0.0510. The summed E-state index contributed by atoms with van der Waals surface area (Å²) < 4.78 is 27.1. The first-order valence-electron chi connectivity index (χ1n) is 7.08. The molecule has 0 aromatic heterocycles. The van der Waals surface area contributed by atoms with Crippen LogP contribution in [0.3, 0.4) is 0 Å². The Balaban J connectivity index is 3.17. The fourth-order valence-electron chi connectivity index (χ4n) is 2.09. The van der Waals surface area contributed by atoms with Crippen molar-refractivity contribution in [1.29, 1.82) is 0 Å². The monoisotopic (exact) mass is 331 g/mol. The predicted molar refractivity (Wildman–Crippen MR) is 89.2 cm³/mol. The highest BCUT2D eigenvalue weighted by molar-refractivity contribution is 7.98. The van der Waals surface area contributed by atoms with Gasteiger partial charge in [-0.1, -0.05) is 19.1 Å². The van der Waals surface area contributed by atoms with Gasteiger partial charge in [-0.25, -0.2) is 8.42 Å². The third-order valence-corrected chi connectivity index (χ3v) is 6.41. The van der Waals surface area contributed by atoms with Crippen LogP contribution < -0.4 is 0 Å². The topological polar surface area (TPSA) is 57.6 Å². The summed E-state index contributed by atoms with van der Waals surface area (Å²) in [6.07, 6.45) is 3.48. The number of nitrogens with zero attached hydrogens (tertiary/aromatic N) is 1. The largest absolute Gasteiger partial charge is 0.392 e. The van der Waals surface area contributed by atoms with Gasteiger partial charge in [0.2, 0.25) is 10.0 Å². The molecule has 0 saturated heterocycles. The molecule has 1 aromatic carbocycles. The fourth-order valence-corrected chi connectivity index (χ4v) is 4.40. The van der Waals surface area contributed by atoms with Crippen LogP contribution in [0.5, 0.6) is 0 Å². The van der Waals surface area contributed by atoms with Crippen molar-refractivity contribution in [3.63, 3.8) is 0 Å². The Labute approximate surface area is 132 Å². The molecule has 0 fully saturated rings. The van der Waals surface area contributed by atoms with E-state index in [-0.39, 0.29) is 12.6 Å². The Morgan fingerprint density at radius 3 is 2.57 bits per heavy atom. The molecule has 0 radical (unpaired) electrons. The lowest BCUT2D eigenvalue weighted by Crippen LogP contribution is -2.36. The van der Waals surface area contributed by atoms with Gasteiger partial charge in [0.25, 0.3) is 0 Å². The van der Waals surface area contributed by atoms with Crippen molar-refractivity contribution in [3.05, 3.63) is 29.3 Å². The van der Waals surface area contributed by atoms with E-state index in [1.54, 1.807) is 37.0 Å². The fraction of sp³-hybridized carbons (Fsp3) is 0.600. The van der Waals surface area contributed by atoms with Crippen molar-refractivity contribution in [2.45, 2.75) is 44.2 Å². The first kappa shape index (κ1) is 18.5. The molecule has 0 bridgehead atoms. The SMILES string of the molecule is CCc1ccc(CO)cc1S(=O)(=O)N(C)C(C)CCSC. The lowest BCUT2D eigenvalue weighted by molar-refractivity contribution is 0.281. The molecule has 6 heteroatoms. The van der Waals surface area contributed by atoms with Gasteiger partial charge in [-0.15, -0.1) is 0 Å². The second-order valence-electron chi connectivity index (χ2n) is 5.11. The number of sulfonamides is 1. The van der Waals surface area contributed by atoms with E-state index in [9.17, 15) is 13.5 Å². The molecule has 0 aliphatic rings. The number of aryl methyl sites for hydroxylation is 1. The van der Waals surface area contributed by atoms with Crippen LogP contribution in [0.4, 0.5) is 0 Å². The Bertz CT molecular complexity index is 558. The van der Waals surface area contributed by atoms with Crippen molar-refractivity contribution in [2.75, 3.05) is 19.1 Å². The van der Waals surface area contributed by atoms with E-state index in [1.807, 2.05) is 20.1 Å². The zero-order chi connectivity index (χ0) is 16.0. The van der Waals surface area contributed by atoms with Gasteiger partial charge in [0, 0.05) is 13.1 Å². The molecule has 21 heavy (non-hydrogen) atoms. The van der Waals surface area contributed by atoms with Crippen molar-refractivity contribution < 1.29 is 13.5 Å². The number of thioether (sulfide) groups is 1. The van der Waals surface area contributed by atoms with Gasteiger partial charge in [0.1, 0.15) is 0 Å². The maximum Gasteiger partial charge on any atom is 0.243 e. The molecule has 0 spiro atoms. The summed E-state index contributed by atoms with van der Waals surface area (Å²) in [5.41, 5.74) is 1.41. The van der Waals surface area contributed by atoms with Gasteiger partial charge in [-0.2, -0.15) is 16.1 Å². The Kier molecular flexibility index (Phi) is 7.20. The Morgan fingerprint density at radius 1 is 1.38 bits per heavy atom. The minimum Gasteiger partial charge on any atom is -0.392 e. The van der Waals surface area contributed by atoms with Crippen molar-refractivity contribution >= 4 is 21.8 Å². The van der Waals surface area contributed by atoms with Crippen LogP contribution in [-0.4, -0.2) is 42.9 Å². The van der Waals surface area contributed by atoms with Crippen molar-refractivity contribution in [2.24, 2.45) is 0 Å². The summed E-state index contributed by atoms with van der Waals surface area (Å²) in [7, 11) is -1.90. The Morgan fingerprint density at radius 2 is 2.05 bits per heavy atom. The van der Waals surface area contributed by atoms with Gasteiger partial charge < -0.3 is 5.11 Å². The zero-order valence-corrected chi connectivity index (χ0v) is 14.8. The van der Waals surface area contributed by atoms with E-state index < -0.39 is 10.0 Å². The molecule has 1 N–H and O–H groups in total. The molecular formula is C15H25NO3S2. The van der Waals surface area contributed by atoms with Gasteiger partial charge in [-0.3, -0.25) is 0 Å². The molecule has 0 amide bonds. The lowest BCUT2D eigenvalue weighted by atomic mass is 10.1. The van der Waals surface area contributed by atoms with E-state index >= 15 is 0 Å². The lowest BCUT2D eigenvalue weighted by Gasteiger charge is -2.25. The van der Waals surface area contributed by atoms with E-state index in [4.69, 9.17) is 0 Å². The van der Waals surface area contributed by atoms with Crippen molar-refractivity contribution in [1.82, 2.24) is 4.31 Å². The first-order chi connectivity index (χ1) is 9.88. The van der Waals surface area contributed by atoms with Gasteiger partial charge in [0.05, 0.1) is 11.5 Å². The third-order valence-electron chi connectivity index (χ3n) is 3.71. The molecule has 0 heterocycles. The summed E-state index contributed by atoms with van der Waals surface area (Å²) in [6, 6.07) is 5.10. The molecule has 1 rings (SSSR count). The van der Waals surface area contributed by atoms with Crippen molar-refractivity contribution in [3.8, 4) is 0 Å². The number of aliphatic hydroxyl groups is 1. The molecule has 1 atom stereocenters. The van der Waals surface area contributed by atoms with Crippen LogP contribution in [-0.2, 0) is 23.1 Å². The number of hydrogen-bond donors (Lipinski definition) is 1. The second-order valence-corrected chi connectivity index (χ2v) is 8.06. The van der Waals surface area contributed by atoms with Crippen LogP contribution in [0.25, 0.3) is 0 Å². The highest BCUT2D eigenvalue weighted by atomic mass is 32.2. The van der Waals surface area contributed by atoms with E-state index in [1.165, 1.54) is 4.31 Å². The number of hydrogen-bond acceptors (Lipinski definition) is 4. The normalized spacial score (nSPS) is 13.6. The van der Waals surface area contributed by atoms with Crippen LogP contribution in [0.2, 0.25) is 0 Å². The number of rotatable bonds is 8. The molecule has 4 nitrogen and oxygen atoms in total. The number of benzene rings is 1. The van der Waals surface area contributed by atoms with Crippen LogP contribution in [0.15, 0.2) is 23.1 Å². The van der Waals surface area contributed by atoms with Gasteiger partial charge in [-0.05, 0) is 49.0 Å². The molecule has 0 aliphatic carbocycles. The molecule has 0 aliphatic heterocycles. The van der Waals surface area contributed by atoms with E-state index in [0.717, 1.165) is 17.7 Å². The molecule has 1 unspecified atom stereocenters. The van der Waals surface area contributed by atoms with Gasteiger partial charge in [0.15, 0.2) is 0 Å². The maximum absolute atomic E-state index is 12.8. The summed E-state index contributed by atoms with van der Waals surface area (Å²) >= 11 is 1.71. The summed E-state index contributed by atoms with van der Waals surface area (Å²) in [5.74, 6) is 0.929. The number of aliphatic hydroxyl groups excluding tert-OH is 1. The molecular weight excluding hydrogens is 306 g/mol. The zero-order valence-electron chi connectivity index (χ0n) is 13.2. The highest BCUT2D eigenvalue weighted by Crippen LogP contribution is 2.24. The summed E-state index contributed by atoms with van der Waals surface area (Å²) in [4.78, 5) is 0.315. The van der Waals surface area contributed by atoms with Gasteiger partial charge >= 0.3 is 0 Å². The average molecular weight is 332 g/mol. The maximum atomic E-state index is 12.8. The first-order valence-corrected chi connectivity index (χ1v) is 9.91. The van der Waals surface area contributed by atoms with Crippen LogP contribution >= 0.6 is 11.8 Å². The molecule has 120 valence electrons. The van der Waals surface area contributed by atoms with E-state index in [2.05, 4.69) is 0 Å². The summed E-state index contributed by atoms with van der Waals surface area (Å²) in [5, 5.41) is 9.24. The summed E-state index contributed by atoms with van der Waals surface area (Å²) in [6.45, 7) is 3.71. The Hall–Kier alpha value is -0.560. The highest BCUT2D eigenvalue weighted by Gasteiger charge is 2.27. The molecule has 0 saturated carbocycles. The molecule has 1 aromatic rings. The second kappa shape index (κ2) is 8.17. The predicted octanol–water partition coefficient (Wildman–Crippen LogP) is 2.50. The third kappa shape index (κ3) is 4.45. The van der Waals surface area contributed by atoms with Crippen LogP contribution in [0.1, 0.15) is 31.4 Å². The standard InChI is InChI=1S/C15H25NO3S2/c1-5-14-7-6-13(11-17)10-15(14)21(18,19)16(3)12(2)8-9-20-4/h6-7,10,12,17H,5,8-9,11H2,1-4H3. The van der Waals surface area contributed by atoms with E-state index in [0.29, 0.717) is 16.9 Å².